The van der Waals surface area contributed by atoms with Crippen molar-refractivity contribution in [3.63, 3.8) is 0 Å². The summed E-state index contributed by atoms with van der Waals surface area (Å²) < 4.78 is 29.0. The maximum Gasteiger partial charge on any atom is 0.326 e. The Hall–Kier alpha value is -4.96. The molecule has 0 fully saturated rings. The van der Waals surface area contributed by atoms with Crippen LogP contribution in [0.25, 0.3) is 11.1 Å². The average molecular weight is 614 g/mol. The van der Waals surface area contributed by atoms with E-state index in [1.165, 1.54) is 37.3 Å². The van der Waals surface area contributed by atoms with Crippen molar-refractivity contribution in [1.29, 1.82) is 0 Å². The van der Waals surface area contributed by atoms with Gasteiger partial charge in [0.1, 0.15) is 6.04 Å². The number of nitrogens with one attached hydrogen (secondary N) is 3. The number of carbonyl (C=O) groups is 3. The van der Waals surface area contributed by atoms with Gasteiger partial charge in [-0.1, -0.05) is 87.5 Å². The fourth-order valence-corrected chi connectivity index (χ4v) is 5.66. The maximum absolute atomic E-state index is 13.5. The van der Waals surface area contributed by atoms with E-state index < -0.39 is 33.8 Å². The molecule has 0 aliphatic rings. The number of sulfonamides is 1. The van der Waals surface area contributed by atoms with Crippen molar-refractivity contribution in [2.24, 2.45) is 0 Å². The van der Waals surface area contributed by atoms with Gasteiger partial charge in [-0.15, -0.1) is 0 Å². The summed E-state index contributed by atoms with van der Waals surface area (Å²) in [6.07, 6.45) is -0.0112. The number of carboxylic acids is 1. The Morgan fingerprint density at radius 2 is 1.43 bits per heavy atom. The van der Waals surface area contributed by atoms with E-state index in [1.807, 2.05) is 63.2 Å². The highest BCUT2D eigenvalue weighted by Gasteiger charge is 2.25. The molecule has 0 aromatic heterocycles. The predicted molar refractivity (Wildman–Crippen MR) is 171 cm³/mol. The van der Waals surface area contributed by atoms with Crippen LogP contribution in [-0.2, 0) is 31.4 Å². The number of anilines is 2. The second kappa shape index (κ2) is 13.1. The Balaban J connectivity index is 1.59. The first kappa shape index (κ1) is 32.0. The van der Waals surface area contributed by atoms with Crippen molar-refractivity contribution in [3.8, 4) is 11.1 Å². The average Bonchev–Trinajstić information content (AvgIpc) is 2.97. The first-order valence-corrected chi connectivity index (χ1v) is 15.4. The van der Waals surface area contributed by atoms with E-state index in [0.29, 0.717) is 5.56 Å². The van der Waals surface area contributed by atoms with Crippen LogP contribution in [0.1, 0.15) is 49.2 Å². The van der Waals surface area contributed by atoms with Crippen LogP contribution in [0.5, 0.6) is 0 Å². The number of rotatable bonds is 10. The summed E-state index contributed by atoms with van der Waals surface area (Å²) in [5.41, 5.74) is 3.44. The van der Waals surface area contributed by atoms with Crippen LogP contribution in [0.2, 0.25) is 0 Å². The Bertz CT molecular complexity index is 1760. The highest BCUT2D eigenvalue weighted by atomic mass is 32.2. The van der Waals surface area contributed by atoms with Gasteiger partial charge in [0.15, 0.2) is 0 Å². The van der Waals surface area contributed by atoms with Crippen LogP contribution in [0.3, 0.4) is 0 Å². The van der Waals surface area contributed by atoms with Crippen LogP contribution >= 0.6 is 0 Å². The molecule has 1 atom stereocenters. The predicted octanol–water partition coefficient (Wildman–Crippen LogP) is 5.84. The topological polar surface area (TPSA) is 142 Å². The molecule has 0 aliphatic carbocycles. The lowest BCUT2D eigenvalue weighted by Gasteiger charge is -2.20. The molecular formula is C34H35N3O6S. The Morgan fingerprint density at radius 1 is 0.818 bits per heavy atom. The summed E-state index contributed by atoms with van der Waals surface area (Å²) in [5.74, 6) is -2.48. The number of hydrogen-bond donors (Lipinski definition) is 4. The number of carboxylic acid groups (broad SMARTS) is 1. The number of benzene rings is 4. The van der Waals surface area contributed by atoms with E-state index in [-0.39, 0.29) is 33.7 Å². The van der Waals surface area contributed by atoms with Crippen molar-refractivity contribution in [2.45, 2.75) is 50.5 Å². The van der Waals surface area contributed by atoms with E-state index in [2.05, 4.69) is 15.4 Å². The summed E-state index contributed by atoms with van der Waals surface area (Å²) in [4.78, 5) is 37.4. The highest BCUT2D eigenvalue weighted by Crippen LogP contribution is 2.27. The second-order valence-corrected chi connectivity index (χ2v) is 13.1. The first-order valence-electron chi connectivity index (χ1n) is 14.0. The molecule has 0 saturated heterocycles. The molecule has 4 rings (SSSR count). The zero-order valence-corrected chi connectivity index (χ0v) is 25.7. The lowest BCUT2D eigenvalue weighted by atomic mass is 9.87. The molecule has 4 N–H and O–H groups in total. The lowest BCUT2D eigenvalue weighted by Crippen LogP contribution is -2.42. The van der Waals surface area contributed by atoms with Crippen LogP contribution in [0.4, 0.5) is 11.4 Å². The SMILES string of the molecule is CC(=O)Nc1ccc(NS(=O)(=O)c2ccc(C(C)(C)C)cc2)c(C(=O)NC(Cc2ccc(-c3ccccc3)cc2)C(=O)O)c1. The molecule has 4 aromatic rings. The second-order valence-electron chi connectivity index (χ2n) is 11.5. The van der Waals surface area contributed by atoms with Gasteiger partial charge < -0.3 is 15.7 Å². The van der Waals surface area contributed by atoms with E-state index in [4.69, 9.17) is 0 Å². The molecule has 44 heavy (non-hydrogen) atoms. The van der Waals surface area contributed by atoms with Crippen LogP contribution < -0.4 is 15.4 Å². The summed E-state index contributed by atoms with van der Waals surface area (Å²) in [6, 6.07) is 26.3. The summed E-state index contributed by atoms with van der Waals surface area (Å²) in [6.45, 7) is 7.34. The number of carbonyl (C=O) groups excluding carboxylic acids is 2. The Morgan fingerprint density at radius 3 is 2.00 bits per heavy atom. The molecular weight excluding hydrogens is 578 g/mol. The van der Waals surface area contributed by atoms with Crippen molar-refractivity contribution in [2.75, 3.05) is 10.0 Å². The minimum absolute atomic E-state index is 0.00911. The number of aliphatic carboxylic acids is 1. The Kier molecular flexibility index (Phi) is 9.54. The van der Waals surface area contributed by atoms with E-state index in [0.717, 1.165) is 16.7 Å². The fourth-order valence-electron chi connectivity index (χ4n) is 4.58. The third-order valence-electron chi connectivity index (χ3n) is 6.96. The van der Waals surface area contributed by atoms with E-state index in [1.54, 1.807) is 24.3 Å². The molecule has 228 valence electrons. The molecule has 0 heterocycles. The van der Waals surface area contributed by atoms with Crippen LogP contribution in [-0.4, -0.2) is 37.3 Å². The first-order chi connectivity index (χ1) is 20.7. The fraction of sp³-hybridized carbons (Fsp3) is 0.206. The third-order valence-corrected chi connectivity index (χ3v) is 8.35. The number of hydrogen-bond acceptors (Lipinski definition) is 5. The van der Waals surface area contributed by atoms with Crippen LogP contribution in [0.15, 0.2) is 102 Å². The molecule has 0 saturated carbocycles. The minimum Gasteiger partial charge on any atom is -0.480 e. The van der Waals surface area contributed by atoms with Crippen molar-refractivity contribution in [1.82, 2.24) is 5.32 Å². The molecule has 0 radical (unpaired) electrons. The summed E-state index contributed by atoms with van der Waals surface area (Å²) in [5, 5.41) is 15.0. The third kappa shape index (κ3) is 8.11. The highest BCUT2D eigenvalue weighted by molar-refractivity contribution is 7.92. The van der Waals surface area contributed by atoms with Gasteiger partial charge in [0.05, 0.1) is 16.1 Å². The molecule has 4 aromatic carbocycles. The van der Waals surface area contributed by atoms with Gasteiger partial charge in [-0.05, 0) is 58.0 Å². The zero-order chi connectivity index (χ0) is 32.1. The largest absolute Gasteiger partial charge is 0.480 e. The van der Waals surface area contributed by atoms with Crippen molar-refractivity contribution < 1.29 is 27.9 Å². The molecule has 10 heteroatoms. The molecule has 0 aliphatic heterocycles. The van der Waals surface area contributed by atoms with Gasteiger partial charge in [-0.3, -0.25) is 14.3 Å². The van der Waals surface area contributed by atoms with Gasteiger partial charge in [-0.2, -0.15) is 0 Å². The van der Waals surface area contributed by atoms with E-state index in [9.17, 15) is 27.9 Å². The molecule has 0 spiro atoms. The Labute approximate surface area is 257 Å². The van der Waals surface area contributed by atoms with Gasteiger partial charge in [-0.25, -0.2) is 13.2 Å². The molecule has 9 nitrogen and oxygen atoms in total. The van der Waals surface area contributed by atoms with Crippen molar-refractivity contribution >= 4 is 39.2 Å². The van der Waals surface area contributed by atoms with Crippen molar-refractivity contribution in [3.05, 3.63) is 114 Å². The molecule has 1 unspecified atom stereocenters. The molecule has 2 amide bonds. The normalized spacial score (nSPS) is 12.2. The quantitative estimate of drug-likeness (QED) is 0.177. The smallest absolute Gasteiger partial charge is 0.326 e. The maximum atomic E-state index is 13.5. The lowest BCUT2D eigenvalue weighted by molar-refractivity contribution is -0.139. The zero-order valence-electron chi connectivity index (χ0n) is 24.9. The monoisotopic (exact) mass is 613 g/mol. The minimum atomic E-state index is -4.12. The molecule has 0 bridgehead atoms. The van der Waals surface area contributed by atoms with Gasteiger partial charge in [0, 0.05) is 19.0 Å². The standard InChI is InChI=1S/C34H35N3O6S/c1-22(38)35-27-16-19-30(37-44(42,43)28-17-14-26(15-18-28)34(2,3)4)29(21-27)32(39)36-31(33(40)41)20-23-10-12-25(13-11-23)24-8-6-5-7-9-24/h5-19,21,31,37H,20H2,1-4H3,(H,35,38)(H,36,39)(H,40,41). The summed E-state index contributed by atoms with van der Waals surface area (Å²) in [7, 11) is -4.12. The van der Waals surface area contributed by atoms with Gasteiger partial charge >= 0.3 is 5.97 Å². The van der Waals surface area contributed by atoms with E-state index >= 15 is 0 Å². The number of amides is 2. The summed E-state index contributed by atoms with van der Waals surface area (Å²) >= 11 is 0. The van der Waals surface area contributed by atoms with Gasteiger partial charge in [0.25, 0.3) is 15.9 Å². The van der Waals surface area contributed by atoms with Crippen LogP contribution in [0, 0.1) is 0 Å². The van der Waals surface area contributed by atoms with Gasteiger partial charge in [0.2, 0.25) is 5.91 Å².